The minimum absolute atomic E-state index is 0.0412. The highest BCUT2D eigenvalue weighted by Gasteiger charge is 2.06. The molecule has 148 valence electrons. The van der Waals surface area contributed by atoms with Crippen LogP contribution in [0.25, 0.3) is 10.9 Å². The lowest BCUT2D eigenvalue weighted by Crippen LogP contribution is -2.15. The molecular weight excluding hydrogens is 350 g/mol. The monoisotopic (exact) mass is 379 g/mol. The van der Waals surface area contributed by atoms with Crippen molar-refractivity contribution in [3.8, 4) is 5.75 Å². The third kappa shape index (κ3) is 5.86. The molecule has 0 fully saturated rings. The third-order valence-electron chi connectivity index (χ3n) is 4.68. The van der Waals surface area contributed by atoms with Gasteiger partial charge in [0.15, 0.2) is 0 Å². The van der Waals surface area contributed by atoms with Crippen LogP contribution in [0.5, 0.6) is 5.75 Å². The van der Waals surface area contributed by atoms with Crippen LogP contribution >= 0.6 is 0 Å². The van der Waals surface area contributed by atoms with E-state index in [9.17, 15) is 4.79 Å². The van der Waals surface area contributed by atoms with Crippen molar-refractivity contribution < 1.29 is 9.53 Å². The third-order valence-corrected chi connectivity index (χ3v) is 4.68. The van der Waals surface area contributed by atoms with Gasteiger partial charge in [-0.2, -0.15) is 0 Å². The summed E-state index contributed by atoms with van der Waals surface area (Å²) in [6.45, 7) is 1.70. The van der Waals surface area contributed by atoms with E-state index in [1.165, 1.54) is 10.9 Å². The Morgan fingerprint density at radius 2 is 1.86 bits per heavy atom. The summed E-state index contributed by atoms with van der Waals surface area (Å²) in [5.74, 6) is 0.871. The van der Waals surface area contributed by atoms with Gasteiger partial charge in [-0.15, -0.1) is 0 Å². The topological polar surface area (TPSA) is 57.4 Å². The van der Waals surface area contributed by atoms with Crippen molar-refractivity contribution in [3.63, 3.8) is 0 Å². The first-order valence-corrected chi connectivity index (χ1v) is 9.84. The Morgan fingerprint density at radius 1 is 1.07 bits per heavy atom. The summed E-state index contributed by atoms with van der Waals surface area (Å²) in [6, 6.07) is 15.8. The molecule has 0 saturated carbocycles. The van der Waals surface area contributed by atoms with Gasteiger partial charge >= 0.3 is 0 Å². The zero-order valence-electron chi connectivity index (χ0n) is 16.7. The molecular formula is C23H29N3O2. The number of rotatable bonds is 10. The smallest absolute Gasteiger partial charge is 0.224 e. The highest BCUT2D eigenvalue weighted by Crippen LogP contribution is 2.20. The maximum Gasteiger partial charge on any atom is 0.224 e. The second-order valence-corrected chi connectivity index (χ2v) is 7.29. The highest BCUT2D eigenvalue weighted by atomic mass is 16.5. The van der Waals surface area contributed by atoms with Crippen LogP contribution in [0.3, 0.4) is 0 Å². The summed E-state index contributed by atoms with van der Waals surface area (Å²) in [5, 5.41) is 4.20. The number of amides is 1. The Balaban J connectivity index is 1.39. The minimum atomic E-state index is 0.0412. The first-order chi connectivity index (χ1) is 13.6. The number of nitrogens with zero attached hydrogens (tertiary/aromatic N) is 1. The number of aromatic nitrogens is 1. The second kappa shape index (κ2) is 9.95. The Morgan fingerprint density at radius 3 is 2.64 bits per heavy atom. The molecule has 1 aromatic heterocycles. The molecule has 2 N–H and O–H groups in total. The fourth-order valence-corrected chi connectivity index (χ4v) is 3.21. The fourth-order valence-electron chi connectivity index (χ4n) is 3.21. The first-order valence-electron chi connectivity index (χ1n) is 9.84. The van der Waals surface area contributed by atoms with Crippen LogP contribution in [0.2, 0.25) is 0 Å². The average molecular weight is 380 g/mol. The first kappa shape index (κ1) is 20.0. The Kier molecular flexibility index (Phi) is 7.09. The van der Waals surface area contributed by atoms with E-state index < -0.39 is 0 Å². The number of anilines is 1. The number of benzene rings is 2. The van der Waals surface area contributed by atoms with E-state index in [0.717, 1.165) is 42.8 Å². The van der Waals surface area contributed by atoms with E-state index >= 15 is 0 Å². The minimum Gasteiger partial charge on any atom is -0.494 e. The van der Waals surface area contributed by atoms with Gasteiger partial charge in [-0.05, 0) is 69.3 Å². The lowest BCUT2D eigenvalue weighted by molar-refractivity contribution is -0.116. The summed E-state index contributed by atoms with van der Waals surface area (Å²) in [4.78, 5) is 17.6. The van der Waals surface area contributed by atoms with Crippen LogP contribution < -0.4 is 10.1 Å². The Labute approximate surface area is 166 Å². The van der Waals surface area contributed by atoms with Crippen LogP contribution in [-0.4, -0.2) is 43.0 Å². The van der Waals surface area contributed by atoms with Gasteiger partial charge in [0.2, 0.25) is 5.91 Å². The van der Waals surface area contributed by atoms with Gasteiger partial charge in [0.1, 0.15) is 5.75 Å². The maximum atomic E-state index is 12.2. The lowest BCUT2D eigenvalue weighted by atomic mass is 10.1. The number of nitrogens with one attached hydrogen (secondary N) is 2. The van der Waals surface area contributed by atoms with E-state index in [4.69, 9.17) is 4.74 Å². The molecule has 0 spiro atoms. The number of carbonyl (C=O) groups is 1. The SMILES string of the molecule is CN(C)CCCOc1ccc(NC(=O)CCCc2c[nH]c3ccccc23)cc1. The summed E-state index contributed by atoms with van der Waals surface area (Å²) in [5.41, 5.74) is 3.21. The molecule has 0 atom stereocenters. The van der Waals surface area contributed by atoms with Crippen molar-refractivity contribution in [2.24, 2.45) is 0 Å². The number of carbonyl (C=O) groups excluding carboxylic acids is 1. The van der Waals surface area contributed by atoms with Crippen molar-refractivity contribution in [3.05, 3.63) is 60.3 Å². The molecule has 5 nitrogen and oxygen atoms in total. The van der Waals surface area contributed by atoms with Crippen LogP contribution in [0.4, 0.5) is 5.69 Å². The molecule has 0 saturated heterocycles. The van der Waals surface area contributed by atoms with Crippen LogP contribution in [0, 0.1) is 0 Å². The number of aryl methyl sites for hydroxylation is 1. The summed E-state index contributed by atoms with van der Waals surface area (Å²) in [6.07, 6.45) is 5.24. The molecule has 0 aliphatic rings. The second-order valence-electron chi connectivity index (χ2n) is 7.29. The Bertz CT molecular complexity index is 884. The molecule has 0 bridgehead atoms. The number of aromatic amines is 1. The molecule has 1 heterocycles. The largest absolute Gasteiger partial charge is 0.494 e. The number of H-pyrrole nitrogens is 1. The normalized spacial score (nSPS) is 11.1. The molecule has 0 aliphatic heterocycles. The van der Waals surface area contributed by atoms with Crippen LogP contribution in [0.15, 0.2) is 54.7 Å². The van der Waals surface area contributed by atoms with E-state index in [1.54, 1.807) is 0 Å². The van der Waals surface area contributed by atoms with Crippen molar-refractivity contribution in [1.82, 2.24) is 9.88 Å². The maximum absolute atomic E-state index is 12.2. The van der Waals surface area contributed by atoms with Crippen LogP contribution in [0.1, 0.15) is 24.8 Å². The number of hydrogen-bond donors (Lipinski definition) is 2. The van der Waals surface area contributed by atoms with Crippen LogP contribution in [-0.2, 0) is 11.2 Å². The fraction of sp³-hybridized carbons (Fsp3) is 0.348. The summed E-state index contributed by atoms with van der Waals surface area (Å²) < 4.78 is 5.72. The van der Waals surface area contributed by atoms with E-state index in [0.29, 0.717) is 13.0 Å². The highest BCUT2D eigenvalue weighted by molar-refractivity contribution is 5.90. The number of hydrogen-bond acceptors (Lipinski definition) is 3. The molecule has 5 heteroatoms. The van der Waals surface area contributed by atoms with Gasteiger partial charge < -0.3 is 19.9 Å². The lowest BCUT2D eigenvalue weighted by Gasteiger charge is -2.11. The predicted molar refractivity (Wildman–Crippen MR) is 115 cm³/mol. The zero-order valence-corrected chi connectivity index (χ0v) is 16.7. The van der Waals surface area contributed by atoms with Gasteiger partial charge in [-0.1, -0.05) is 18.2 Å². The number of ether oxygens (including phenoxy) is 1. The molecule has 3 aromatic rings. The molecule has 2 aromatic carbocycles. The van der Waals surface area contributed by atoms with Crippen molar-refractivity contribution in [2.75, 3.05) is 32.6 Å². The van der Waals surface area contributed by atoms with Crippen molar-refractivity contribution >= 4 is 22.5 Å². The number of fused-ring (bicyclic) bond motifs is 1. The quantitative estimate of drug-likeness (QED) is 0.511. The van der Waals surface area contributed by atoms with E-state index in [2.05, 4.69) is 41.4 Å². The predicted octanol–water partition coefficient (Wildman–Crippen LogP) is 4.46. The van der Waals surface area contributed by atoms with Gasteiger partial charge in [-0.3, -0.25) is 4.79 Å². The molecule has 0 radical (unpaired) electrons. The molecule has 0 unspecified atom stereocenters. The van der Waals surface area contributed by atoms with Gasteiger partial charge in [0.05, 0.1) is 6.61 Å². The molecule has 1 amide bonds. The molecule has 28 heavy (non-hydrogen) atoms. The molecule has 0 aliphatic carbocycles. The summed E-state index contributed by atoms with van der Waals surface area (Å²) >= 11 is 0. The molecule has 3 rings (SSSR count). The van der Waals surface area contributed by atoms with Crippen molar-refractivity contribution in [1.29, 1.82) is 0 Å². The van der Waals surface area contributed by atoms with Gasteiger partial charge in [-0.25, -0.2) is 0 Å². The standard InChI is InChI=1S/C23H29N3O2/c1-26(2)15-6-16-28-20-13-11-19(12-14-20)25-23(27)10-5-7-18-17-24-22-9-4-3-8-21(18)22/h3-4,8-9,11-14,17,24H,5-7,10,15-16H2,1-2H3,(H,25,27). The van der Waals surface area contributed by atoms with Gasteiger partial charge in [0.25, 0.3) is 0 Å². The summed E-state index contributed by atoms with van der Waals surface area (Å²) in [7, 11) is 4.11. The van der Waals surface area contributed by atoms with E-state index in [-0.39, 0.29) is 5.91 Å². The van der Waals surface area contributed by atoms with Crippen molar-refractivity contribution in [2.45, 2.75) is 25.7 Å². The average Bonchev–Trinajstić information content (AvgIpc) is 3.10. The van der Waals surface area contributed by atoms with Gasteiger partial charge in [0, 0.05) is 35.8 Å². The number of para-hydroxylation sites is 1. The Hall–Kier alpha value is -2.79. The van der Waals surface area contributed by atoms with E-state index in [1.807, 2.05) is 42.6 Å². The zero-order chi connectivity index (χ0) is 19.8.